The number of carbonyl (C=O) groups excluding carboxylic acids is 1. The molecule has 4 nitrogen and oxygen atoms in total. The van der Waals surface area contributed by atoms with E-state index in [1.807, 2.05) is 6.92 Å². The first-order chi connectivity index (χ1) is 8.58. The first-order valence-corrected chi connectivity index (χ1v) is 7.12. The van der Waals surface area contributed by atoms with E-state index in [0.717, 1.165) is 32.4 Å². The van der Waals surface area contributed by atoms with Crippen molar-refractivity contribution in [1.29, 1.82) is 0 Å². The van der Waals surface area contributed by atoms with Crippen molar-refractivity contribution in [2.45, 2.75) is 58.3 Å². The molecule has 0 aliphatic carbocycles. The van der Waals surface area contributed by atoms with Crippen molar-refractivity contribution in [2.75, 3.05) is 13.2 Å². The lowest BCUT2D eigenvalue weighted by Crippen LogP contribution is -2.40. The Morgan fingerprint density at radius 1 is 1.33 bits per heavy atom. The van der Waals surface area contributed by atoms with E-state index in [1.165, 1.54) is 0 Å². The van der Waals surface area contributed by atoms with E-state index in [0.29, 0.717) is 11.8 Å². The molecular formula is C14H25NO3. The fourth-order valence-electron chi connectivity index (χ4n) is 2.95. The van der Waals surface area contributed by atoms with Gasteiger partial charge in [0.2, 0.25) is 5.91 Å². The van der Waals surface area contributed by atoms with Crippen molar-refractivity contribution in [3.05, 3.63) is 0 Å². The Hall–Kier alpha value is -0.610. The highest BCUT2D eigenvalue weighted by Crippen LogP contribution is 2.26. The zero-order valence-corrected chi connectivity index (χ0v) is 11.6. The molecule has 0 saturated carbocycles. The molecule has 0 aromatic rings. The van der Waals surface area contributed by atoms with Gasteiger partial charge in [0, 0.05) is 19.1 Å². The molecule has 1 N–H and O–H groups in total. The maximum absolute atomic E-state index is 11.9. The van der Waals surface area contributed by atoms with Gasteiger partial charge in [0.05, 0.1) is 12.2 Å². The van der Waals surface area contributed by atoms with Crippen molar-refractivity contribution in [3.8, 4) is 0 Å². The molecule has 1 amide bonds. The largest absolute Gasteiger partial charge is 0.378 e. The van der Waals surface area contributed by atoms with Gasteiger partial charge in [-0.2, -0.15) is 0 Å². The van der Waals surface area contributed by atoms with Crippen LogP contribution in [0.2, 0.25) is 0 Å². The third kappa shape index (κ3) is 3.23. The summed E-state index contributed by atoms with van der Waals surface area (Å²) >= 11 is 0. The smallest absolute Gasteiger partial charge is 0.249 e. The van der Waals surface area contributed by atoms with Crippen molar-refractivity contribution in [1.82, 2.24) is 5.32 Å². The summed E-state index contributed by atoms with van der Waals surface area (Å²) in [6.07, 6.45) is 3.15. The van der Waals surface area contributed by atoms with Crippen molar-refractivity contribution < 1.29 is 14.3 Å². The molecule has 2 saturated heterocycles. The summed E-state index contributed by atoms with van der Waals surface area (Å²) in [7, 11) is 0. The highest BCUT2D eigenvalue weighted by atomic mass is 16.5. The zero-order chi connectivity index (χ0) is 13.1. The number of nitrogens with one attached hydrogen (secondary N) is 1. The van der Waals surface area contributed by atoms with Gasteiger partial charge < -0.3 is 14.8 Å². The number of hydrogen-bond donors (Lipinski definition) is 1. The monoisotopic (exact) mass is 255 g/mol. The molecule has 18 heavy (non-hydrogen) atoms. The highest BCUT2D eigenvalue weighted by molar-refractivity contribution is 5.81. The van der Waals surface area contributed by atoms with E-state index in [9.17, 15) is 4.79 Å². The van der Waals surface area contributed by atoms with Gasteiger partial charge in [-0.3, -0.25) is 4.79 Å². The summed E-state index contributed by atoms with van der Waals surface area (Å²) in [5, 5.41) is 3.03. The van der Waals surface area contributed by atoms with Crippen LogP contribution < -0.4 is 5.32 Å². The molecule has 4 heteroatoms. The quantitative estimate of drug-likeness (QED) is 0.832. The van der Waals surface area contributed by atoms with Crippen LogP contribution in [0.5, 0.6) is 0 Å². The van der Waals surface area contributed by atoms with Gasteiger partial charge in [0.25, 0.3) is 0 Å². The lowest BCUT2D eigenvalue weighted by Gasteiger charge is -2.22. The third-order valence-corrected chi connectivity index (χ3v) is 3.98. The molecule has 0 spiro atoms. The van der Waals surface area contributed by atoms with Gasteiger partial charge in [-0.1, -0.05) is 13.8 Å². The standard InChI is InChI=1S/C14H25NO3/c1-9(2)13-11(6-7-17-13)8-15-14(16)12-5-4-10(3)18-12/h9-13H,4-8H2,1-3H3,(H,15,16)/t10-,11+,12-,13+/m0/s1. The summed E-state index contributed by atoms with van der Waals surface area (Å²) < 4.78 is 11.3. The number of amides is 1. The summed E-state index contributed by atoms with van der Waals surface area (Å²) in [4.78, 5) is 11.9. The number of hydrogen-bond acceptors (Lipinski definition) is 3. The number of ether oxygens (including phenoxy) is 2. The van der Waals surface area contributed by atoms with Gasteiger partial charge in [0.1, 0.15) is 6.10 Å². The van der Waals surface area contributed by atoms with Crippen LogP contribution in [0.4, 0.5) is 0 Å². The van der Waals surface area contributed by atoms with E-state index in [4.69, 9.17) is 9.47 Å². The van der Waals surface area contributed by atoms with Crippen molar-refractivity contribution >= 4 is 5.91 Å². The van der Waals surface area contributed by atoms with Crippen molar-refractivity contribution in [3.63, 3.8) is 0 Å². The van der Waals surface area contributed by atoms with E-state index >= 15 is 0 Å². The lowest BCUT2D eigenvalue weighted by molar-refractivity contribution is -0.132. The van der Waals surface area contributed by atoms with Crippen LogP contribution in [-0.2, 0) is 14.3 Å². The number of rotatable bonds is 4. The Balaban J connectivity index is 1.75. The summed E-state index contributed by atoms with van der Waals surface area (Å²) in [5.41, 5.74) is 0. The Kier molecular flexibility index (Phi) is 4.62. The fourth-order valence-corrected chi connectivity index (χ4v) is 2.95. The summed E-state index contributed by atoms with van der Waals surface area (Å²) in [6.45, 7) is 7.91. The molecule has 104 valence electrons. The molecule has 2 aliphatic heterocycles. The van der Waals surface area contributed by atoms with Crippen LogP contribution >= 0.6 is 0 Å². The number of carbonyl (C=O) groups is 1. The van der Waals surface area contributed by atoms with Gasteiger partial charge in [-0.25, -0.2) is 0 Å². The molecule has 0 unspecified atom stereocenters. The topological polar surface area (TPSA) is 47.6 Å². The Bertz CT molecular complexity index is 293. The second-order valence-corrected chi connectivity index (χ2v) is 5.89. The predicted molar refractivity (Wildman–Crippen MR) is 69.3 cm³/mol. The van der Waals surface area contributed by atoms with Gasteiger partial charge in [-0.05, 0) is 32.1 Å². The molecule has 0 aromatic carbocycles. The minimum atomic E-state index is -0.236. The first-order valence-electron chi connectivity index (χ1n) is 7.12. The lowest BCUT2D eigenvalue weighted by atomic mass is 9.93. The van der Waals surface area contributed by atoms with Crippen LogP contribution in [0.25, 0.3) is 0 Å². The van der Waals surface area contributed by atoms with Gasteiger partial charge in [0.15, 0.2) is 0 Å². The Labute approximate surface area is 109 Å². The van der Waals surface area contributed by atoms with Gasteiger partial charge in [-0.15, -0.1) is 0 Å². The molecule has 0 radical (unpaired) electrons. The van der Waals surface area contributed by atoms with E-state index in [-0.39, 0.29) is 24.2 Å². The minimum Gasteiger partial charge on any atom is -0.378 e. The van der Waals surface area contributed by atoms with E-state index < -0.39 is 0 Å². The van der Waals surface area contributed by atoms with Crippen LogP contribution in [0.15, 0.2) is 0 Å². The van der Waals surface area contributed by atoms with Crippen LogP contribution in [0, 0.1) is 11.8 Å². The zero-order valence-electron chi connectivity index (χ0n) is 11.6. The van der Waals surface area contributed by atoms with Gasteiger partial charge >= 0.3 is 0 Å². The Morgan fingerprint density at radius 3 is 2.72 bits per heavy atom. The molecule has 0 aromatic heterocycles. The van der Waals surface area contributed by atoms with Crippen LogP contribution in [0.3, 0.4) is 0 Å². The summed E-state index contributed by atoms with van der Waals surface area (Å²) in [5.74, 6) is 1.01. The maximum atomic E-state index is 11.9. The second kappa shape index (κ2) is 6.02. The normalized spacial score (nSPS) is 36.2. The molecule has 0 bridgehead atoms. The van der Waals surface area contributed by atoms with Crippen LogP contribution in [-0.4, -0.2) is 37.4 Å². The SMILES string of the molecule is CC(C)[C@H]1OCC[C@@H]1CNC(=O)[C@@H]1CC[C@H](C)O1. The minimum absolute atomic E-state index is 0.0498. The second-order valence-electron chi connectivity index (χ2n) is 5.89. The van der Waals surface area contributed by atoms with Crippen molar-refractivity contribution in [2.24, 2.45) is 11.8 Å². The molecule has 2 aliphatic rings. The average molecular weight is 255 g/mol. The third-order valence-electron chi connectivity index (χ3n) is 3.98. The van der Waals surface area contributed by atoms with E-state index in [2.05, 4.69) is 19.2 Å². The maximum Gasteiger partial charge on any atom is 0.249 e. The molecule has 2 fully saturated rings. The molecular weight excluding hydrogens is 230 g/mol. The molecule has 2 heterocycles. The molecule has 4 atom stereocenters. The fraction of sp³-hybridized carbons (Fsp3) is 0.929. The molecule has 2 rings (SSSR count). The van der Waals surface area contributed by atoms with E-state index in [1.54, 1.807) is 0 Å². The first kappa shape index (κ1) is 13.8. The predicted octanol–water partition coefficient (Wildman–Crippen LogP) is 1.73. The highest BCUT2D eigenvalue weighted by Gasteiger charge is 2.32. The Morgan fingerprint density at radius 2 is 2.11 bits per heavy atom. The summed E-state index contributed by atoms with van der Waals surface area (Å²) in [6, 6.07) is 0. The average Bonchev–Trinajstić information content (AvgIpc) is 2.94. The van der Waals surface area contributed by atoms with Crippen LogP contribution in [0.1, 0.15) is 40.0 Å².